The highest BCUT2D eigenvalue weighted by Gasteiger charge is 2.22. The summed E-state index contributed by atoms with van der Waals surface area (Å²) in [5.74, 6) is 0.704. The van der Waals surface area contributed by atoms with Crippen molar-refractivity contribution in [1.82, 2.24) is 4.90 Å². The van der Waals surface area contributed by atoms with E-state index in [1.54, 1.807) is 30.2 Å². The van der Waals surface area contributed by atoms with Crippen molar-refractivity contribution in [1.29, 1.82) is 0 Å². The van der Waals surface area contributed by atoms with Crippen molar-refractivity contribution in [3.05, 3.63) is 28.2 Å². The molecule has 0 radical (unpaired) electrons. The number of nitrogens with zero attached hydrogens (tertiary/aromatic N) is 1. The van der Waals surface area contributed by atoms with E-state index in [9.17, 15) is 9.59 Å². The fraction of sp³-hybridized carbons (Fsp3) is 0.385. The molecule has 1 saturated heterocycles. The summed E-state index contributed by atoms with van der Waals surface area (Å²) in [6.45, 7) is 0.872. The van der Waals surface area contributed by atoms with Crippen molar-refractivity contribution >= 4 is 27.6 Å². The third kappa shape index (κ3) is 2.72. The molecule has 0 aromatic heterocycles. The van der Waals surface area contributed by atoms with Gasteiger partial charge in [0.05, 0.1) is 18.1 Å². The van der Waals surface area contributed by atoms with Crippen LogP contribution in [0.3, 0.4) is 0 Å². The largest absolute Gasteiger partial charge is 0.496 e. The average Bonchev–Trinajstić information content (AvgIpc) is 2.37. The Labute approximate surface area is 114 Å². The number of ether oxygens (including phenoxy) is 1. The lowest BCUT2D eigenvalue weighted by atomic mass is 10.1. The summed E-state index contributed by atoms with van der Waals surface area (Å²) in [6, 6.07) is 5.17. The highest BCUT2D eigenvalue weighted by Crippen LogP contribution is 2.26. The van der Waals surface area contributed by atoms with Crippen LogP contribution < -0.4 is 4.74 Å². The van der Waals surface area contributed by atoms with E-state index in [0.717, 1.165) is 10.9 Å². The summed E-state index contributed by atoms with van der Waals surface area (Å²) in [4.78, 5) is 25.2. The van der Waals surface area contributed by atoms with E-state index in [2.05, 4.69) is 15.9 Å². The third-order valence-corrected chi connectivity index (χ3v) is 3.56. The number of hydrogen-bond donors (Lipinski definition) is 0. The lowest BCUT2D eigenvalue weighted by Gasteiger charge is -2.26. The van der Waals surface area contributed by atoms with E-state index in [-0.39, 0.29) is 18.2 Å². The number of carbonyl (C=O) groups excluding carboxylic acids is 2. The van der Waals surface area contributed by atoms with E-state index < -0.39 is 0 Å². The third-order valence-electron chi connectivity index (χ3n) is 2.94. The van der Waals surface area contributed by atoms with Gasteiger partial charge in [-0.2, -0.15) is 0 Å². The Balaban J connectivity index is 2.18. The molecule has 1 heterocycles. The molecule has 0 bridgehead atoms. The number of benzene rings is 1. The number of piperidine rings is 1. The summed E-state index contributed by atoms with van der Waals surface area (Å²) in [6.07, 6.45) is 1.33. The molecular weight excluding hydrogens is 298 g/mol. The second-order valence-corrected chi connectivity index (χ2v) is 5.07. The average molecular weight is 312 g/mol. The molecule has 1 aromatic carbocycles. The van der Waals surface area contributed by atoms with E-state index >= 15 is 0 Å². The molecule has 1 aliphatic rings. The van der Waals surface area contributed by atoms with Gasteiger partial charge in [-0.25, -0.2) is 0 Å². The van der Waals surface area contributed by atoms with Crippen LogP contribution in [0.25, 0.3) is 0 Å². The predicted octanol–water partition coefficient (Wildman–Crippen LogP) is 2.26. The monoisotopic (exact) mass is 311 g/mol. The van der Waals surface area contributed by atoms with Gasteiger partial charge >= 0.3 is 0 Å². The topological polar surface area (TPSA) is 46.6 Å². The Kier molecular flexibility index (Phi) is 4.01. The first kappa shape index (κ1) is 13.1. The minimum Gasteiger partial charge on any atom is -0.496 e. The minimum atomic E-state index is -0.105. The summed E-state index contributed by atoms with van der Waals surface area (Å²) in [5, 5.41) is 0. The summed E-state index contributed by atoms with van der Waals surface area (Å²) in [5.41, 5.74) is 0.567. The zero-order chi connectivity index (χ0) is 13.1. The van der Waals surface area contributed by atoms with Crippen LogP contribution in [-0.4, -0.2) is 36.8 Å². The molecule has 1 aliphatic heterocycles. The van der Waals surface area contributed by atoms with Crippen molar-refractivity contribution in [2.45, 2.75) is 12.8 Å². The van der Waals surface area contributed by atoms with Crippen molar-refractivity contribution in [2.75, 3.05) is 20.2 Å². The van der Waals surface area contributed by atoms with Crippen LogP contribution in [0.4, 0.5) is 0 Å². The maximum atomic E-state index is 12.2. The Bertz CT molecular complexity index is 487. The van der Waals surface area contributed by atoms with E-state index in [0.29, 0.717) is 24.3 Å². The van der Waals surface area contributed by atoms with Crippen molar-refractivity contribution in [3.8, 4) is 5.75 Å². The number of halogens is 1. The predicted molar refractivity (Wildman–Crippen MR) is 70.8 cm³/mol. The number of carbonyl (C=O) groups is 2. The first-order valence-corrected chi connectivity index (χ1v) is 6.55. The zero-order valence-corrected chi connectivity index (χ0v) is 11.7. The molecule has 2 rings (SSSR count). The number of methoxy groups -OCH3 is 1. The van der Waals surface area contributed by atoms with Gasteiger partial charge in [-0.1, -0.05) is 0 Å². The van der Waals surface area contributed by atoms with Gasteiger partial charge in [0.1, 0.15) is 5.75 Å². The van der Waals surface area contributed by atoms with Crippen LogP contribution in [0.15, 0.2) is 22.7 Å². The molecular formula is C13H14BrNO3. The number of amides is 1. The van der Waals surface area contributed by atoms with Crippen LogP contribution in [0.2, 0.25) is 0 Å². The maximum absolute atomic E-state index is 12.2. The van der Waals surface area contributed by atoms with E-state index in [1.807, 2.05) is 0 Å². The smallest absolute Gasteiger partial charge is 0.254 e. The zero-order valence-electron chi connectivity index (χ0n) is 10.1. The highest BCUT2D eigenvalue weighted by atomic mass is 79.9. The molecule has 1 amide bonds. The second kappa shape index (κ2) is 5.52. The van der Waals surface area contributed by atoms with Crippen molar-refractivity contribution in [3.63, 3.8) is 0 Å². The van der Waals surface area contributed by atoms with Crippen LogP contribution in [0.5, 0.6) is 5.75 Å². The van der Waals surface area contributed by atoms with Crippen molar-refractivity contribution < 1.29 is 14.3 Å². The first-order chi connectivity index (χ1) is 8.61. The molecule has 1 fully saturated rings. The highest BCUT2D eigenvalue weighted by molar-refractivity contribution is 9.10. The van der Waals surface area contributed by atoms with Crippen LogP contribution >= 0.6 is 15.9 Å². The standard InChI is InChI=1S/C13H14BrNO3/c1-18-12-5-4-9(7-11(12)14)13(17)15-6-2-3-10(16)8-15/h4-5,7H,2-3,6,8H2,1H3. The molecule has 0 N–H and O–H groups in total. The molecule has 1 aromatic rings. The SMILES string of the molecule is COc1ccc(C(=O)N2CCCC(=O)C2)cc1Br. The van der Waals surface area contributed by atoms with Gasteiger partial charge in [0.15, 0.2) is 5.78 Å². The number of Topliss-reactive ketones (excluding diaryl/α,β-unsaturated/α-hetero) is 1. The quantitative estimate of drug-likeness (QED) is 0.841. The molecule has 0 aliphatic carbocycles. The Morgan fingerprint density at radius 1 is 1.44 bits per heavy atom. The number of likely N-dealkylation sites (tertiary alicyclic amines) is 1. The summed E-state index contributed by atoms with van der Waals surface area (Å²) >= 11 is 3.35. The van der Waals surface area contributed by atoms with Gasteiger partial charge < -0.3 is 9.64 Å². The maximum Gasteiger partial charge on any atom is 0.254 e. The van der Waals surface area contributed by atoms with Gasteiger partial charge in [-0.05, 0) is 40.5 Å². The van der Waals surface area contributed by atoms with Crippen LogP contribution in [0, 0.1) is 0 Å². The summed E-state index contributed by atoms with van der Waals surface area (Å²) in [7, 11) is 1.57. The minimum absolute atomic E-state index is 0.105. The molecule has 18 heavy (non-hydrogen) atoms. The van der Waals surface area contributed by atoms with Gasteiger partial charge in [0, 0.05) is 18.5 Å². The van der Waals surface area contributed by atoms with Crippen LogP contribution in [-0.2, 0) is 4.79 Å². The lowest BCUT2D eigenvalue weighted by molar-refractivity contribution is -0.121. The van der Waals surface area contributed by atoms with Gasteiger partial charge in [-0.3, -0.25) is 9.59 Å². The normalized spacial score (nSPS) is 15.7. The van der Waals surface area contributed by atoms with E-state index in [1.165, 1.54) is 0 Å². The van der Waals surface area contributed by atoms with Gasteiger partial charge in [-0.15, -0.1) is 0 Å². The fourth-order valence-electron chi connectivity index (χ4n) is 1.99. The van der Waals surface area contributed by atoms with Crippen molar-refractivity contribution in [2.24, 2.45) is 0 Å². The molecule has 0 unspecified atom stereocenters. The number of hydrogen-bond acceptors (Lipinski definition) is 3. The molecule has 0 atom stereocenters. The van der Waals surface area contributed by atoms with E-state index in [4.69, 9.17) is 4.74 Å². The first-order valence-electron chi connectivity index (χ1n) is 5.76. The fourth-order valence-corrected chi connectivity index (χ4v) is 2.53. The lowest BCUT2D eigenvalue weighted by Crippen LogP contribution is -2.40. The Morgan fingerprint density at radius 3 is 2.83 bits per heavy atom. The van der Waals surface area contributed by atoms with Gasteiger partial charge in [0.25, 0.3) is 5.91 Å². The Morgan fingerprint density at radius 2 is 2.22 bits per heavy atom. The molecule has 4 nitrogen and oxygen atoms in total. The molecule has 0 spiro atoms. The summed E-state index contributed by atoms with van der Waals surface area (Å²) < 4.78 is 5.85. The second-order valence-electron chi connectivity index (χ2n) is 4.22. The Hall–Kier alpha value is -1.36. The molecule has 96 valence electrons. The van der Waals surface area contributed by atoms with Gasteiger partial charge in [0.2, 0.25) is 0 Å². The molecule has 5 heteroatoms. The number of ketones is 1. The molecule has 0 saturated carbocycles. The van der Waals surface area contributed by atoms with Crippen LogP contribution in [0.1, 0.15) is 23.2 Å². The number of rotatable bonds is 2.